The van der Waals surface area contributed by atoms with E-state index in [0.29, 0.717) is 35.0 Å². The number of H-pyrrole nitrogens is 1. The van der Waals surface area contributed by atoms with Crippen LogP contribution in [0, 0.1) is 5.82 Å². The number of aromatic nitrogens is 1. The molecule has 1 atom stereocenters. The average Bonchev–Trinajstić information content (AvgIpc) is 3.25. The summed E-state index contributed by atoms with van der Waals surface area (Å²) in [6.45, 7) is 0.722. The summed E-state index contributed by atoms with van der Waals surface area (Å²) < 4.78 is 52.7. The standard InChI is InChI=1S/C27H26F4N4O/c28-20-10-5-16(6-11-20)18-7-12-22-23(14-18)35-25(26(36)34-15-21(33)2-1-13-32)24(22)17-3-8-19(9-4-17)27(29,30)31/h3-12,14,21,35H,1-2,13,15,32-33H2,(H,34,36). The lowest BCUT2D eigenvalue weighted by atomic mass is 9.98. The van der Waals surface area contributed by atoms with Gasteiger partial charge in [0.25, 0.3) is 5.91 Å². The number of benzene rings is 3. The van der Waals surface area contributed by atoms with Crippen LogP contribution in [-0.2, 0) is 6.18 Å². The van der Waals surface area contributed by atoms with Crippen LogP contribution in [0.25, 0.3) is 33.2 Å². The molecule has 9 heteroatoms. The molecule has 3 aromatic carbocycles. The Morgan fingerprint density at radius 3 is 2.22 bits per heavy atom. The van der Waals surface area contributed by atoms with Gasteiger partial charge >= 0.3 is 6.18 Å². The minimum Gasteiger partial charge on any atom is -0.350 e. The number of amides is 1. The highest BCUT2D eigenvalue weighted by atomic mass is 19.4. The van der Waals surface area contributed by atoms with Crippen molar-refractivity contribution in [3.05, 3.63) is 83.8 Å². The topological polar surface area (TPSA) is 96.9 Å². The number of alkyl halides is 3. The predicted octanol–water partition coefficient (Wildman–Crippen LogP) is 5.46. The molecule has 6 N–H and O–H groups in total. The normalized spacial score (nSPS) is 12.6. The van der Waals surface area contributed by atoms with E-state index >= 15 is 0 Å². The SMILES string of the molecule is NCCCC(N)CNC(=O)c1[nH]c2cc(-c3ccc(F)cc3)ccc2c1-c1ccc(C(F)(F)F)cc1. The van der Waals surface area contributed by atoms with E-state index in [1.807, 2.05) is 12.1 Å². The molecular formula is C27H26F4N4O. The average molecular weight is 499 g/mol. The molecule has 0 aliphatic heterocycles. The summed E-state index contributed by atoms with van der Waals surface area (Å²) in [5, 5.41) is 3.47. The van der Waals surface area contributed by atoms with Gasteiger partial charge in [0.05, 0.1) is 5.56 Å². The van der Waals surface area contributed by atoms with E-state index < -0.39 is 17.6 Å². The molecule has 0 radical (unpaired) electrons. The zero-order valence-corrected chi connectivity index (χ0v) is 19.3. The van der Waals surface area contributed by atoms with Crippen molar-refractivity contribution in [1.82, 2.24) is 10.3 Å². The number of rotatable bonds is 8. The minimum absolute atomic E-state index is 0.215. The van der Waals surface area contributed by atoms with Crippen LogP contribution in [0.3, 0.4) is 0 Å². The second-order valence-electron chi connectivity index (χ2n) is 8.62. The number of carbonyl (C=O) groups is 1. The molecule has 5 nitrogen and oxygen atoms in total. The fourth-order valence-corrected chi connectivity index (χ4v) is 4.11. The van der Waals surface area contributed by atoms with Gasteiger partial charge in [0.2, 0.25) is 0 Å². The van der Waals surface area contributed by atoms with Gasteiger partial charge in [-0.1, -0.05) is 36.4 Å². The van der Waals surface area contributed by atoms with Gasteiger partial charge in [-0.3, -0.25) is 4.79 Å². The molecule has 0 aliphatic carbocycles. The summed E-state index contributed by atoms with van der Waals surface area (Å²) >= 11 is 0. The summed E-state index contributed by atoms with van der Waals surface area (Å²) in [6.07, 6.45) is -3.09. The zero-order valence-electron chi connectivity index (χ0n) is 19.3. The Bertz CT molecular complexity index is 1350. The van der Waals surface area contributed by atoms with Crippen LogP contribution in [0.5, 0.6) is 0 Å². The molecule has 36 heavy (non-hydrogen) atoms. The largest absolute Gasteiger partial charge is 0.416 e. The first kappa shape index (κ1) is 25.4. The zero-order chi connectivity index (χ0) is 25.9. The molecular weight excluding hydrogens is 472 g/mol. The highest BCUT2D eigenvalue weighted by molar-refractivity contribution is 6.10. The Labute approximate surface area is 205 Å². The Morgan fingerprint density at radius 2 is 1.58 bits per heavy atom. The number of carbonyl (C=O) groups excluding carboxylic acids is 1. The van der Waals surface area contributed by atoms with Gasteiger partial charge < -0.3 is 21.8 Å². The predicted molar refractivity (Wildman–Crippen MR) is 133 cm³/mol. The van der Waals surface area contributed by atoms with E-state index in [1.165, 1.54) is 24.3 Å². The maximum atomic E-state index is 13.4. The van der Waals surface area contributed by atoms with E-state index in [4.69, 9.17) is 11.5 Å². The first-order valence-electron chi connectivity index (χ1n) is 11.5. The van der Waals surface area contributed by atoms with Crippen LogP contribution < -0.4 is 16.8 Å². The molecule has 0 bridgehead atoms. The summed E-state index contributed by atoms with van der Waals surface area (Å²) in [6, 6.07) is 15.8. The summed E-state index contributed by atoms with van der Waals surface area (Å²) in [7, 11) is 0. The molecule has 188 valence electrons. The second-order valence-corrected chi connectivity index (χ2v) is 8.62. The Balaban J connectivity index is 1.75. The number of nitrogens with two attached hydrogens (primary N) is 2. The van der Waals surface area contributed by atoms with E-state index in [0.717, 1.165) is 29.7 Å². The Hall–Kier alpha value is -3.69. The van der Waals surface area contributed by atoms with Crippen molar-refractivity contribution in [1.29, 1.82) is 0 Å². The van der Waals surface area contributed by atoms with Gasteiger partial charge in [-0.2, -0.15) is 13.2 Å². The van der Waals surface area contributed by atoms with E-state index in [-0.39, 0.29) is 24.1 Å². The quantitative estimate of drug-likeness (QED) is 0.243. The Morgan fingerprint density at radius 1 is 0.944 bits per heavy atom. The van der Waals surface area contributed by atoms with E-state index in [9.17, 15) is 22.4 Å². The molecule has 0 saturated carbocycles. The molecule has 0 fully saturated rings. The highest BCUT2D eigenvalue weighted by Crippen LogP contribution is 2.37. The van der Waals surface area contributed by atoms with Crippen molar-refractivity contribution in [3.63, 3.8) is 0 Å². The number of hydrogen-bond acceptors (Lipinski definition) is 3. The summed E-state index contributed by atoms with van der Waals surface area (Å²) in [5.41, 5.74) is 14.1. The molecule has 0 spiro atoms. The lowest BCUT2D eigenvalue weighted by Gasteiger charge is -2.13. The van der Waals surface area contributed by atoms with Gasteiger partial charge in [-0.15, -0.1) is 0 Å². The molecule has 0 saturated heterocycles. The van der Waals surface area contributed by atoms with Gasteiger partial charge in [0, 0.05) is 29.1 Å². The van der Waals surface area contributed by atoms with Gasteiger partial charge in [0.1, 0.15) is 11.5 Å². The minimum atomic E-state index is -4.47. The van der Waals surface area contributed by atoms with Crippen molar-refractivity contribution >= 4 is 16.8 Å². The number of halogens is 4. The number of nitrogens with one attached hydrogen (secondary N) is 2. The van der Waals surface area contributed by atoms with Crippen LogP contribution in [0.4, 0.5) is 17.6 Å². The molecule has 1 unspecified atom stereocenters. The molecule has 1 amide bonds. The second kappa shape index (κ2) is 10.5. The lowest BCUT2D eigenvalue weighted by Crippen LogP contribution is -2.37. The van der Waals surface area contributed by atoms with E-state index in [1.54, 1.807) is 18.2 Å². The van der Waals surface area contributed by atoms with Crippen molar-refractivity contribution in [3.8, 4) is 22.3 Å². The summed E-state index contributed by atoms with van der Waals surface area (Å²) in [4.78, 5) is 16.3. The third-order valence-corrected chi connectivity index (χ3v) is 6.01. The van der Waals surface area contributed by atoms with E-state index in [2.05, 4.69) is 10.3 Å². The maximum absolute atomic E-state index is 13.4. The molecule has 1 aromatic heterocycles. The van der Waals surface area contributed by atoms with Crippen LogP contribution >= 0.6 is 0 Å². The first-order chi connectivity index (χ1) is 17.2. The lowest BCUT2D eigenvalue weighted by molar-refractivity contribution is -0.137. The van der Waals surface area contributed by atoms with Gasteiger partial charge in [-0.25, -0.2) is 4.39 Å². The van der Waals surface area contributed by atoms with Gasteiger partial charge in [-0.05, 0) is 66.4 Å². The monoisotopic (exact) mass is 498 g/mol. The van der Waals surface area contributed by atoms with Gasteiger partial charge in [0.15, 0.2) is 0 Å². The fourth-order valence-electron chi connectivity index (χ4n) is 4.11. The third-order valence-electron chi connectivity index (χ3n) is 6.01. The number of aromatic amines is 1. The maximum Gasteiger partial charge on any atom is 0.416 e. The van der Waals surface area contributed by atoms with Crippen LogP contribution in [-0.4, -0.2) is 30.0 Å². The van der Waals surface area contributed by atoms with Crippen LogP contribution in [0.2, 0.25) is 0 Å². The van der Waals surface area contributed by atoms with Crippen molar-refractivity contribution in [2.45, 2.75) is 25.1 Å². The van der Waals surface area contributed by atoms with Crippen LogP contribution in [0.15, 0.2) is 66.7 Å². The molecule has 0 aliphatic rings. The van der Waals surface area contributed by atoms with Crippen molar-refractivity contribution in [2.75, 3.05) is 13.1 Å². The fraction of sp³-hybridized carbons (Fsp3) is 0.222. The molecule has 1 heterocycles. The number of hydrogen-bond donors (Lipinski definition) is 4. The Kier molecular flexibility index (Phi) is 7.42. The third kappa shape index (κ3) is 5.58. The van der Waals surface area contributed by atoms with Crippen molar-refractivity contribution < 1.29 is 22.4 Å². The van der Waals surface area contributed by atoms with Crippen molar-refractivity contribution in [2.24, 2.45) is 11.5 Å². The summed E-state index contributed by atoms with van der Waals surface area (Å²) in [5.74, 6) is -0.777. The first-order valence-corrected chi connectivity index (χ1v) is 11.5. The smallest absolute Gasteiger partial charge is 0.350 e. The highest BCUT2D eigenvalue weighted by Gasteiger charge is 2.30. The molecule has 4 aromatic rings. The van der Waals surface area contributed by atoms with Crippen LogP contribution in [0.1, 0.15) is 28.9 Å². The number of fused-ring (bicyclic) bond motifs is 1. The molecule has 4 rings (SSSR count).